The van der Waals surface area contributed by atoms with Gasteiger partial charge in [-0.1, -0.05) is 0 Å². The standard InChI is InChI=1S/C12H17N3O3S/c1-18-11(16)5-3-2-4-9-6-7-10(19-9)8-14-15-12(13)17/h6-8H,2-5H2,1H3,(H3,13,15,17)/b14-8-. The van der Waals surface area contributed by atoms with Crippen LogP contribution in [-0.2, 0) is 16.0 Å². The summed E-state index contributed by atoms with van der Waals surface area (Å²) in [4.78, 5) is 23.5. The van der Waals surface area contributed by atoms with E-state index in [0.717, 1.165) is 24.1 Å². The minimum Gasteiger partial charge on any atom is -0.469 e. The number of thiophene rings is 1. The highest BCUT2D eigenvalue weighted by atomic mass is 32.1. The molecule has 0 unspecified atom stereocenters. The van der Waals surface area contributed by atoms with Crippen molar-refractivity contribution in [3.05, 3.63) is 21.9 Å². The van der Waals surface area contributed by atoms with Crippen molar-refractivity contribution >= 4 is 29.6 Å². The fourth-order valence-corrected chi connectivity index (χ4v) is 2.36. The minimum atomic E-state index is -0.684. The van der Waals surface area contributed by atoms with Gasteiger partial charge < -0.3 is 10.5 Å². The normalized spacial score (nSPS) is 10.6. The SMILES string of the molecule is COC(=O)CCCCc1ccc(/C=N\NC(N)=O)s1. The molecule has 3 N–H and O–H groups in total. The van der Waals surface area contributed by atoms with Crippen LogP contribution in [0.4, 0.5) is 4.79 Å². The number of hydrazone groups is 1. The number of amides is 2. The molecule has 0 atom stereocenters. The van der Waals surface area contributed by atoms with E-state index in [0.29, 0.717) is 6.42 Å². The molecular weight excluding hydrogens is 266 g/mol. The maximum Gasteiger partial charge on any atom is 0.332 e. The summed E-state index contributed by atoms with van der Waals surface area (Å²) in [5.41, 5.74) is 7.02. The molecule has 19 heavy (non-hydrogen) atoms. The van der Waals surface area contributed by atoms with Gasteiger partial charge in [0.05, 0.1) is 13.3 Å². The lowest BCUT2D eigenvalue weighted by Gasteiger charge is -1.98. The van der Waals surface area contributed by atoms with E-state index in [2.05, 4.69) is 15.3 Å². The molecule has 0 aliphatic rings. The number of carbonyl (C=O) groups is 2. The molecule has 0 bridgehead atoms. The summed E-state index contributed by atoms with van der Waals surface area (Å²) < 4.78 is 4.57. The Morgan fingerprint density at radius 2 is 2.26 bits per heavy atom. The van der Waals surface area contributed by atoms with Crippen LogP contribution in [0.15, 0.2) is 17.2 Å². The predicted octanol–water partition coefficient (Wildman–Crippen LogP) is 1.64. The first-order chi connectivity index (χ1) is 9.11. The highest BCUT2D eigenvalue weighted by Gasteiger charge is 2.02. The van der Waals surface area contributed by atoms with Gasteiger partial charge in [-0.2, -0.15) is 5.10 Å². The van der Waals surface area contributed by atoms with E-state index in [9.17, 15) is 9.59 Å². The summed E-state index contributed by atoms with van der Waals surface area (Å²) in [5, 5.41) is 3.68. The van der Waals surface area contributed by atoms with Gasteiger partial charge in [0.15, 0.2) is 0 Å². The topological polar surface area (TPSA) is 93.8 Å². The molecule has 0 saturated carbocycles. The molecule has 1 rings (SSSR count). The Morgan fingerprint density at radius 3 is 2.95 bits per heavy atom. The molecule has 0 aliphatic carbocycles. The third kappa shape index (κ3) is 6.56. The Hall–Kier alpha value is -1.89. The third-order valence-corrected chi connectivity index (χ3v) is 3.41. The minimum absolute atomic E-state index is 0.170. The number of esters is 1. The van der Waals surface area contributed by atoms with Crippen molar-refractivity contribution in [3.63, 3.8) is 0 Å². The highest BCUT2D eigenvalue weighted by molar-refractivity contribution is 7.13. The molecule has 0 radical (unpaired) electrons. The van der Waals surface area contributed by atoms with Crippen LogP contribution in [0.2, 0.25) is 0 Å². The van der Waals surface area contributed by atoms with Gasteiger partial charge in [-0.25, -0.2) is 10.2 Å². The van der Waals surface area contributed by atoms with Crippen molar-refractivity contribution < 1.29 is 14.3 Å². The quantitative estimate of drug-likeness (QED) is 0.345. The third-order valence-electron chi connectivity index (χ3n) is 2.33. The number of methoxy groups -OCH3 is 1. The van der Waals surface area contributed by atoms with Crippen LogP contribution in [0.5, 0.6) is 0 Å². The van der Waals surface area contributed by atoms with Crippen LogP contribution < -0.4 is 11.2 Å². The number of nitrogens with one attached hydrogen (secondary N) is 1. The van der Waals surface area contributed by atoms with E-state index in [1.54, 1.807) is 17.6 Å². The number of hydrogen-bond donors (Lipinski definition) is 2. The van der Waals surface area contributed by atoms with E-state index >= 15 is 0 Å². The summed E-state index contributed by atoms with van der Waals surface area (Å²) in [6, 6.07) is 3.25. The van der Waals surface area contributed by atoms with Crippen molar-refractivity contribution in [1.29, 1.82) is 0 Å². The number of aryl methyl sites for hydroxylation is 1. The summed E-state index contributed by atoms with van der Waals surface area (Å²) in [6.45, 7) is 0. The first kappa shape index (κ1) is 15.2. The Kier molecular flexibility index (Phi) is 6.59. The maximum atomic E-state index is 10.9. The molecule has 0 fully saturated rings. The van der Waals surface area contributed by atoms with Crippen LogP contribution in [0.1, 0.15) is 29.0 Å². The van der Waals surface area contributed by atoms with Crippen LogP contribution in [0.25, 0.3) is 0 Å². The number of ether oxygens (including phenoxy) is 1. The molecule has 7 heteroatoms. The van der Waals surface area contributed by atoms with Crippen LogP contribution in [0, 0.1) is 0 Å². The summed E-state index contributed by atoms with van der Waals surface area (Å²) in [5.74, 6) is -0.170. The van der Waals surface area contributed by atoms with E-state index in [1.165, 1.54) is 12.0 Å². The van der Waals surface area contributed by atoms with E-state index in [-0.39, 0.29) is 5.97 Å². The average molecular weight is 283 g/mol. The number of nitrogens with zero attached hydrogens (tertiary/aromatic N) is 1. The number of primary amides is 1. The second-order valence-corrected chi connectivity index (χ2v) is 5.02. The fourth-order valence-electron chi connectivity index (χ4n) is 1.43. The molecule has 2 amide bonds. The lowest BCUT2D eigenvalue weighted by atomic mass is 10.2. The molecule has 0 spiro atoms. The molecular formula is C12H17N3O3S. The number of rotatable bonds is 7. The number of nitrogens with two attached hydrogens (primary N) is 1. The Balaban J connectivity index is 2.28. The largest absolute Gasteiger partial charge is 0.469 e. The molecule has 1 aromatic heterocycles. The molecule has 0 saturated heterocycles. The maximum absolute atomic E-state index is 10.9. The monoisotopic (exact) mass is 283 g/mol. The highest BCUT2D eigenvalue weighted by Crippen LogP contribution is 2.17. The van der Waals surface area contributed by atoms with Crippen molar-refractivity contribution in [3.8, 4) is 0 Å². The molecule has 104 valence electrons. The zero-order valence-electron chi connectivity index (χ0n) is 10.7. The molecule has 0 aromatic carbocycles. The number of carbonyl (C=O) groups excluding carboxylic acids is 2. The summed E-state index contributed by atoms with van der Waals surface area (Å²) >= 11 is 1.59. The Labute approximate surface area is 115 Å². The molecule has 1 aromatic rings. The van der Waals surface area contributed by atoms with E-state index in [1.807, 2.05) is 12.1 Å². The number of hydrogen-bond acceptors (Lipinski definition) is 5. The molecule has 1 heterocycles. The first-order valence-electron chi connectivity index (χ1n) is 5.86. The summed E-state index contributed by atoms with van der Waals surface area (Å²) in [7, 11) is 1.40. The Bertz CT molecular complexity index is 457. The van der Waals surface area contributed by atoms with Gasteiger partial charge in [0.25, 0.3) is 0 Å². The van der Waals surface area contributed by atoms with Crippen molar-refractivity contribution in [1.82, 2.24) is 5.43 Å². The second kappa shape index (κ2) is 8.25. The average Bonchev–Trinajstić information content (AvgIpc) is 2.82. The van der Waals surface area contributed by atoms with Gasteiger partial charge in [0.1, 0.15) is 0 Å². The lowest BCUT2D eigenvalue weighted by molar-refractivity contribution is -0.140. The van der Waals surface area contributed by atoms with Gasteiger partial charge in [0.2, 0.25) is 0 Å². The van der Waals surface area contributed by atoms with Crippen molar-refractivity contribution in [2.45, 2.75) is 25.7 Å². The molecule has 6 nitrogen and oxygen atoms in total. The number of unbranched alkanes of at least 4 members (excludes halogenated alkanes) is 1. The van der Waals surface area contributed by atoms with Crippen molar-refractivity contribution in [2.75, 3.05) is 7.11 Å². The number of urea groups is 1. The van der Waals surface area contributed by atoms with Crippen molar-refractivity contribution in [2.24, 2.45) is 10.8 Å². The summed E-state index contributed by atoms with van der Waals surface area (Å²) in [6.07, 6.45) is 4.67. The van der Waals surface area contributed by atoms with E-state index in [4.69, 9.17) is 5.73 Å². The first-order valence-corrected chi connectivity index (χ1v) is 6.67. The van der Waals surface area contributed by atoms with Crippen LogP contribution in [0.3, 0.4) is 0 Å². The zero-order valence-corrected chi connectivity index (χ0v) is 11.5. The Morgan fingerprint density at radius 1 is 1.47 bits per heavy atom. The van der Waals surface area contributed by atoms with Gasteiger partial charge in [-0.05, 0) is 31.4 Å². The van der Waals surface area contributed by atoms with Gasteiger partial charge in [-0.15, -0.1) is 11.3 Å². The lowest BCUT2D eigenvalue weighted by Crippen LogP contribution is -2.24. The van der Waals surface area contributed by atoms with E-state index < -0.39 is 6.03 Å². The smallest absolute Gasteiger partial charge is 0.332 e. The predicted molar refractivity (Wildman–Crippen MR) is 74.2 cm³/mol. The fraction of sp³-hybridized carbons (Fsp3) is 0.417. The molecule has 0 aliphatic heterocycles. The van der Waals surface area contributed by atoms with Gasteiger partial charge in [0, 0.05) is 16.2 Å². The zero-order chi connectivity index (χ0) is 14.1. The van der Waals surface area contributed by atoms with Gasteiger partial charge >= 0.3 is 12.0 Å². The second-order valence-electron chi connectivity index (χ2n) is 3.82. The van der Waals surface area contributed by atoms with Crippen LogP contribution in [-0.4, -0.2) is 25.3 Å². The van der Waals surface area contributed by atoms with Gasteiger partial charge in [-0.3, -0.25) is 4.79 Å². The van der Waals surface area contributed by atoms with Crippen LogP contribution >= 0.6 is 11.3 Å².